The molecule has 0 bridgehead atoms. The van der Waals surface area contributed by atoms with E-state index in [1.54, 1.807) is 18.2 Å². The summed E-state index contributed by atoms with van der Waals surface area (Å²) in [5, 5.41) is 18.5. The zero-order valence-electron chi connectivity index (χ0n) is 11.0. The molecule has 3 aromatic rings. The Morgan fingerprint density at radius 3 is 2.76 bits per heavy atom. The molecule has 3 N–H and O–H groups in total. The molecule has 0 aliphatic carbocycles. The first-order chi connectivity index (χ1) is 10.1. The number of aromatic amines is 1. The number of nitrogens with one attached hydrogen (secondary N) is 1. The van der Waals surface area contributed by atoms with Gasteiger partial charge in [-0.05, 0) is 24.3 Å². The van der Waals surface area contributed by atoms with Crippen LogP contribution in [0.15, 0.2) is 30.3 Å². The number of methoxy groups -OCH3 is 1. The summed E-state index contributed by atoms with van der Waals surface area (Å²) in [7, 11) is 1.41. The minimum atomic E-state index is -1.08. The van der Waals surface area contributed by atoms with Crippen molar-refractivity contribution in [3.8, 4) is 23.0 Å². The molecule has 106 valence electrons. The number of fused-ring (bicyclic) bond motifs is 1. The number of pyridine rings is 1. The lowest BCUT2D eigenvalue weighted by Gasteiger charge is -2.06. The predicted molar refractivity (Wildman–Crippen MR) is 74.5 cm³/mol. The van der Waals surface area contributed by atoms with Crippen LogP contribution in [0.3, 0.4) is 0 Å². The Morgan fingerprint density at radius 2 is 2.05 bits per heavy atom. The quantitative estimate of drug-likeness (QED) is 0.679. The van der Waals surface area contributed by atoms with Gasteiger partial charge in [0, 0.05) is 11.6 Å². The van der Waals surface area contributed by atoms with Crippen LogP contribution in [-0.2, 0) is 0 Å². The van der Waals surface area contributed by atoms with E-state index in [0.717, 1.165) is 0 Å². The average molecular weight is 285 g/mol. The van der Waals surface area contributed by atoms with Gasteiger partial charge in [0.1, 0.15) is 17.1 Å². The van der Waals surface area contributed by atoms with E-state index < -0.39 is 5.97 Å². The van der Waals surface area contributed by atoms with Gasteiger partial charge in [0.2, 0.25) is 5.88 Å². The number of carboxylic acids is 1. The predicted octanol–water partition coefficient (Wildman–Crippen LogP) is 2.04. The first-order valence-corrected chi connectivity index (χ1v) is 6.06. The molecular weight excluding hydrogens is 274 g/mol. The maximum Gasteiger partial charge on any atom is 0.339 e. The van der Waals surface area contributed by atoms with E-state index in [1.807, 2.05) is 0 Å². The number of carbonyl (C=O) groups is 1. The fourth-order valence-electron chi connectivity index (χ4n) is 2.04. The number of aromatic hydroxyl groups is 1. The van der Waals surface area contributed by atoms with Gasteiger partial charge in [-0.25, -0.2) is 9.78 Å². The number of imidazole rings is 1. The van der Waals surface area contributed by atoms with E-state index in [-0.39, 0.29) is 17.2 Å². The van der Waals surface area contributed by atoms with Gasteiger partial charge in [-0.2, -0.15) is 4.98 Å². The number of nitrogens with zero attached hydrogens (tertiary/aromatic N) is 2. The van der Waals surface area contributed by atoms with E-state index >= 15 is 0 Å². The Kier molecular flexibility index (Phi) is 2.94. The van der Waals surface area contributed by atoms with Crippen molar-refractivity contribution in [2.75, 3.05) is 7.11 Å². The van der Waals surface area contributed by atoms with Crippen LogP contribution >= 0.6 is 0 Å². The van der Waals surface area contributed by atoms with Crippen molar-refractivity contribution in [1.29, 1.82) is 0 Å². The zero-order valence-corrected chi connectivity index (χ0v) is 11.0. The van der Waals surface area contributed by atoms with E-state index in [2.05, 4.69) is 15.0 Å². The molecule has 2 heterocycles. The molecule has 1 aromatic carbocycles. The van der Waals surface area contributed by atoms with Gasteiger partial charge in [-0.1, -0.05) is 0 Å². The highest BCUT2D eigenvalue weighted by molar-refractivity contribution is 5.92. The fourth-order valence-corrected chi connectivity index (χ4v) is 2.04. The van der Waals surface area contributed by atoms with Crippen LogP contribution in [0.25, 0.3) is 22.6 Å². The van der Waals surface area contributed by atoms with Crippen molar-refractivity contribution < 1.29 is 19.7 Å². The molecule has 0 spiro atoms. The molecule has 0 aliphatic heterocycles. The van der Waals surface area contributed by atoms with Gasteiger partial charge < -0.3 is 19.9 Å². The third-order valence-electron chi connectivity index (χ3n) is 3.03. The van der Waals surface area contributed by atoms with Crippen LogP contribution in [-0.4, -0.2) is 38.2 Å². The summed E-state index contributed by atoms with van der Waals surface area (Å²) in [6.07, 6.45) is 0. The molecule has 0 unspecified atom stereocenters. The number of benzene rings is 1. The molecule has 0 aliphatic rings. The molecule has 7 nitrogen and oxygen atoms in total. The maximum absolute atomic E-state index is 11.2. The SMILES string of the molecule is COc1ccc(-c2nc3nc(O)ccc3[nH]2)cc1C(=O)O. The summed E-state index contributed by atoms with van der Waals surface area (Å²) in [6, 6.07) is 7.83. The minimum Gasteiger partial charge on any atom is -0.496 e. The Hall–Kier alpha value is -3.09. The standard InChI is InChI=1S/C14H11N3O4/c1-21-10-4-2-7(6-8(10)14(19)20)12-15-9-3-5-11(18)16-13(9)17-12/h2-6H,1H3,(H,19,20)(H2,15,16,17,18). The van der Waals surface area contributed by atoms with Crippen LogP contribution in [0.4, 0.5) is 0 Å². The molecule has 2 aromatic heterocycles. The number of rotatable bonds is 3. The summed E-state index contributed by atoms with van der Waals surface area (Å²) in [5.74, 6) is -0.464. The second-order valence-corrected chi connectivity index (χ2v) is 4.35. The van der Waals surface area contributed by atoms with Gasteiger partial charge in [-0.3, -0.25) is 0 Å². The van der Waals surface area contributed by atoms with Crippen LogP contribution in [0.1, 0.15) is 10.4 Å². The summed E-state index contributed by atoms with van der Waals surface area (Å²) in [4.78, 5) is 22.4. The summed E-state index contributed by atoms with van der Waals surface area (Å²) < 4.78 is 5.02. The largest absolute Gasteiger partial charge is 0.496 e. The lowest BCUT2D eigenvalue weighted by molar-refractivity contribution is 0.0693. The fraction of sp³-hybridized carbons (Fsp3) is 0.0714. The van der Waals surface area contributed by atoms with E-state index in [1.165, 1.54) is 19.2 Å². The van der Waals surface area contributed by atoms with Crippen molar-refractivity contribution in [1.82, 2.24) is 15.0 Å². The summed E-state index contributed by atoms with van der Waals surface area (Å²) in [5.41, 5.74) is 1.64. The third kappa shape index (κ3) is 2.25. The number of carboxylic acid groups (broad SMARTS) is 1. The zero-order chi connectivity index (χ0) is 15.0. The number of aromatic carboxylic acids is 1. The number of aromatic nitrogens is 3. The monoisotopic (exact) mass is 285 g/mol. The van der Waals surface area contributed by atoms with E-state index in [4.69, 9.17) is 4.74 Å². The van der Waals surface area contributed by atoms with Crippen molar-refractivity contribution in [2.24, 2.45) is 0 Å². The smallest absolute Gasteiger partial charge is 0.339 e. The van der Waals surface area contributed by atoms with Gasteiger partial charge >= 0.3 is 5.97 Å². The molecule has 7 heteroatoms. The second-order valence-electron chi connectivity index (χ2n) is 4.35. The van der Waals surface area contributed by atoms with Gasteiger partial charge in [0.25, 0.3) is 0 Å². The minimum absolute atomic E-state index is 0.0475. The molecule has 3 rings (SSSR count). The number of hydrogen-bond acceptors (Lipinski definition) is 5. The van der Waals surface area contributed by atoms with Crippen LogP contribution in [0, 0.1) is 0 Å². The van der Waals surface area contributed by atoms with Gasteiger partial charge in [0.05, 0.1) is 12.6 Å². The Morgan fingerprint density at radius 1 is 1.24 bits per heavy atom. The molecular formula is C14H11N3O4. The third-order valence-corrected chi connectivity index (χ3v) is 3.03. The molecule has 0 atom stereocenters. The molecule has 0 amide bonds. The Balaban J connectivity index is 2.13. The molecule has 0 fully saturated rings. The highest BCUT2D eigenvalue weighted by Gasteiger charge is 2.14. The van der Waals surface area contributed by atoms with E-state index in [9.17, 15) is 15.0 Å². The number of ether oxygens (including phenoxy) is 1. The highest BCUT2D eigenvalue weighted by Crippen LogP contribution is 2.26. The molecule has 21 heavy (non-hydrogen) atoms. The lowest BCUT2D eigenvalue weighted by atomic mass is 10.1. The van der Waals surface area contributed by atoms with Gasteiger partial charge in [0.15, 0.2) is 5.65 Å². The van der Waals surface area contributed by atoms with Gasteiger partial charge in [-0.15, -0.1) is 0 Å². The lowest BCUT2D eigenvalue weighted by Crippen LogP contribution is -2.00. The van der Waals surface area contributed by atoms with Crippen LogP contribution < -0.4 is 4.74 Å². The van der Waals surface area contributed by atoms with E-state index in [0.29, 0.717) is 22.6 Å². The first-order valence-electron chi connectivity index (χ1n) is 6.06. The second kappa shape index (κ2) is 4.78. The number of hydrogen-bond donors (Lipinski definition) is 3. The molecule has 0 saturated heterocycles. The maximum atomic E-state index is 11.2. The normalized spacial score (nSPS) is 10.7. The van der Waals surface area contributed by atoms with Crippen molar-refractivity contribution >= 4 is 17.1 Å². The Bertz CT molecular complexity index is 841. The average Bonchev–Trinajstić information content (AvgIpc) is 2.89. The van der Waals surface area contributed by atoms with Crippen molar-refractivity contribution in [3.63, 3.8) is 0 Å². The van der Waals surface area contributed by atoms with Crippen molar-refractivity contribution in [3.05, 3.63) is 35.9 Å². The topological polar surface area (TPSA) is 108 Å². The molecule has 0 saturated carbocycles. The molecule has 0 radical (unpaired) electrons. The highest BCUT2D eigenvalue weighted by atomic mass is 16.5. The van der Waals surface area contributed by atoms with Crippen LogP contribution in [0.5, 0.6) is 11.6 Å². The summed E-state index contributed by atoms with van der Waals surface area (Å²) >= 11 is 0. The Labute approximate surface area is 118 Å². The summed E-state index contributed by atoms with van der Waals surface area (Å²) in [6.45, 7) is 0. The number of H-pyrrole nitrogens is 1. The first kappa shape index (κ1) is 12.9. The van der Waals surface area contributed by atoms with Crippen molar-refractivity contribution in [2.45, 2.75) is 0 Å². The van der Waals surface area contributed by atoms with Crippen LogP contribution in [0.2, 0.25) is 0 Å².